The summed E-state index contributed by atoms with van der Waals surface area (Å²) in [5.41, 5.74) is 10.2. The Kier molecular flexibility index (Phi) is 6.85. The normalized spacial score (nSPS) is 10.9. The molecule has 0 atom stereocenters. The summed E-state index contributed by atoms with van der Waals surface area (Å²) in [5, 5.41) is 4.41. The zero-order valence-electron chi connectivity index (χ0n) is 16.1. The van der Waals surface area contributed by atoms with Gasteiger partial charge in [0.25, 0.3) is 0 Å². The molecule has 150 valence electrons. The van der Waals surface area contributed by atoms with Gasteiger partial charge < -0.3 is 4.57 Å². The van der Waals surface area contributed by atoms with Gasteiger partial charge in [-0.25, -0.2) is 13.8 Å². The highest BCUT2D eigenvalue weighted by Crippen LogP contribution is 2.36. The van der Waals surface area contributed by atoms with Crippen LogP contribution in [-0.4, -0.2) is 21.1 Å². The molecular formula is C20H20F2N6S. The molecule has 0 spiro atoms. The molecule has 29 heavy (non-hydrogen) atoms. The van der Waals surface area contributed by atoms with Crippen molar-refractivity contribution < 1.29 is 8.78 Å². The molecule has 0 fully saturated rings. The van der Waals surface area contributed by atoms with Crippen molar-refractivity contribution in [3.63, 3.8) is 0 Å². The van der Waals surface area contributed by atoms with Crippen LogP contribution in [-0.2, 0) is 13.0 Å². The molecule has 3 aromatic rings. The number of pyridine rings is 1. The van der Waals surface area contributed by atoms with Crippen LogP contribution in [0.3, 0.4) is 0 Å². The van der Waals surface area contributed by atoms with Gasteiger partial charge in [-0.05, 0) is 35.7 Å². The Labute approximate surface area is 171 Å². The summed E-state index contributed by atoms with van der Waals surface area (Å²) in [4.78, 5) is 12.4. The predicted octanol–water partition coefficient (Wildman–Crippen LogP) is 5.73. The van der Waals surface area contributed by atoms with Gasteiger partial charge in [-0.2, -0.15) is 0 Å². The second-order valence-corrected chi connectivity index (χ2v) is 7.75. The van der Waals surface area contributed by atoms with Crippen LogP contribution in [0.15, 0.2) is 57.6 Å². The Balaban J connectivity index is 2.07. The Morgan fingerprint density at radius 3 is 2.59 bits per heavy atom. The van der Waals surface area contributed by atoms with Gasteiger partial charge in [0.15, 0.2) is 0 Å². The fraction of sp³-hybridized carbons (Fsp3) is 0.300. The van der Waals surface area contributed by atoms with Crippen LogP contribution in [0.4, 0.5) is 8.78 Å². The first-order chi connectivity index (χ1) is 14.0. The van der Waals surface area contributed by atoms with E-state index in [9.17, 15) is 8.78 Å². The van der Waals surface area contributed by atoms with Crippen molar-refractivity contribution in [2.24, 2.45) is 5.11 Å². The molecule has 0 unspecified atom stereocenters. The largest absolute Gasteiger partial charge is 0.317 e. The number of imidazole rings is 1. The van der Waals surface area contributed by atoms with Gasteiger partial charge in [-0.1, -0.05) is 36.8 Å². The molecule has 0 amide bonds. The lowest BCUT2D eigenvalue weighted by Crippen LogP contribution is -2.09. The Hall–Kier alpha value is -2.90. The number of rotatable bonds is 8. The van der Waals surface area contributed by atoms with Crippen molar-refractivity contribution >= 4 is 11.8 Å². The molecule has 6 nitrogen and oxygen atoms in total. The van der Waals surface area contributed by atoms with Gasteiger partial charge in [0, 0.05) is 35.0 Å². The van der Waals surface area contributed by atoms with E-state index in [0.29, 0.717) is 17.9 Å². The first kappa shape index (κ1) is 20.8. The van der Waals surface area contributed by atoms with E-state index in [2.05, 4.69) is 15.0 Å². The number of nitrogens with zero attached hydrogens (tertiary/aromatic N) is 6. The summed E-state index contributed by atoms with van der Waals surface area (Å²) < 4.78 is 29.4. The fourth-order valence-corrected chi connectivity index (χ4v) is 4.12. The molecule has 1 aromatic carbocycles. The minimum absolute atomic E-state index is 0.0964. The third-order valence-corrected chi connectivity index (χ3v) is 5.26. The number of hydrogen-bond acceptors (Lipinski definition) is 4. The van der Waals surface area contributed by atoms with Gasteiger partial charge in [0.1, 0.15) is 22.5 Å². The first-order valence-corrected chi connectivity index (χ1v) is 9.93. The zero-order valence-corrected chi connectivity index (χ0v) is 16.9. The molecule has 2 heterocycles. The Morgan fingerprint density at radius 2 is 1.97 bits per heavy atom. The monoisotopic (exact) mass is 414 g/mol. The molecule has 9 heteroatoms. The van der Waals surface area contributed by atoms with Crippen LogP contribution in [0.5, 0.6) is 0 Å². The minimum Gasteiger partial charge on any atom is -0.317 e. The zero-order chi connectivity index (χ0) is 20.8. The molecule has 0 N–H and O–H groups in total. The highest BCUT2D eigenvalue weighted by atomic mass is 32.2. The summed E-state index contributed by atoms with van der Waals surface area (Å²) >= 11 is 1.27. The molecule has 0 bridgehead atoms. The number of azide groups is 1. The maximum Gasteiger partial charge on any atom is 0.127 e. The average molecular weight is 414 g/mol. The van der Waals surface area contributed by atoms with Gasteiger partial charge in [-0.3, -0.25) is 4.98 Å². The number of halogens is 2. The van der Waals surface area contributed by atoms with Crippen molar-refractivity contribution in [1.29, 1.82) is 0 Å². The predicted molar refractivity (Wildman–Crippen MR) is 108 cm³/mol. The fourth-order valence-electron chi connectivity index (χ4n) is 2.89. The minimum atomic E-state index is -0.627. The quantitative estimate of drug-likeness (QED) is 0.268. The summed E-state index contributed by atoms with van der Waals surface area (Å²) in [6.45, 7) is 4.75. The summed E-state index contributed by atoms with van der Waals surface area (Å²) in [6, 6.07) is 9.10. The SMILES string of the molecule is CC(C)c1nc(CCN=[N+]=[N-])n(Cc2ccccn2)c1Sc1cc(F)cc(F)c1. The highest BCUT2D eigenvalue weighted by molar-refractivity contribution is 7.99. The van der Waals surface area contributed by atoms with Crippen molar-refractivity contribution in [2.45, 2.75) is 42.7 Å². The summed E-state index contributed by atoms with van der Waals surface area (Å²) in [5.74, 6) is -0.416. The van der Waals surface area contributed by atoms with Crippen LogP contribution in [0.1, 0.15) is 37.0 Å². The van der Waals surface area contributed by atoms with Crippen LogP contribution in [0.2, 0.25) is 0 Å². The third kappa shape index (κ3) is 5.34. The molecule has 0 saturated heterocycles. The van der Waals surface area contributed by atoms with E-state index in [-0.39, 0.29) is 12.5 Å². The standard InChI is InChI=1S/C20H20F2N6S/c1-13(2)19-20(29-17-10-14(21)9-15(22)11-17)28(12-16-5-3-4-7-24-16)18(26-19)6-8-25-27-23/h3-5,7,9-11,13H,6,8,12H2,1-2H3. The van der Waals surface area contributed by atoms with E-state index in [1.165, 1.54) is 23.9 Å². The van der Waals surface area contributed by atoms with E-state index >= 15 is 0 Å². The maximum atomic E-state index is 13.7. The third-order valence-electron chi connectivity index (χ3n) is 4.17. The average Bonchev–Trinajstić information content (AvgIpc) is 3.00. The van der Waals surface area contributed by atoms with E-state index in [1.54, 1.807) is 6.20 Å². The van der Waals surface area contributed by atoms with E-state index < -0.39 is 11.6 Å². The molecule has 3 rings (SSSR count). The lowest BCUT2D eigenvalue weighted by molar-refractivity contribution is 0.577. The molecule has 2 aromatic heterocycles. The maximum absolute atomic E-state index is 13.7. The Morgan fingerprint density at radius 1 is 1.21 bits per heavy atom. The Bertz CT molecular complexity index is 1010. The van der Waals surface area contributed by atoms with Gasteiger partial charge >= 0.3 is 0 Å². The van der Waals surface area contributed by atoms with E-state index in [1.807, 2.05) is 36.6 Å². The molecule has 0 radical (unpaired) electrons. The number of benzene rings is 1. The van der Waals surface area contributed by atoms with Crippen LogP contribution in [0.25, 0.3) is 10.4 Å². The van der Waals surface area contributed by atoms with Crippen molar-refractivity contribution in [1.82, 2.24) is 14.5 Å². The molecular weight excluding hydrogens is 394 g/mol. The van der Waals surface area contributed by atoms with Crippen LogP contribution < -0.4 is 0 Å². The molecule has 0 aliphatic rings. The van der Waals surface area contributed by atoms with Crippen molar-refractivity contribution in [2.75, 3.05) is 6.54 Å². The van der Waals surface area contributed by atoms with Crippen LogP contribution in [0, 0.1) is 11.6 Å². The van der Waals surface area contributed by atoms with Gasteiger partial charge in [0.2, 0.25) is 0 Å². The smallest absolute Gasteiger partial charge is 0.127 e. The lowest BCUT2D eigenvalue weighted by Gasteiger charge is -2.13. The summed E-state index contributed by atoms with van der Waals surface area (Å²) in [6.07, 6.45) is 2.17. The molecule has 0 saturated carbocycles. The number of aromatic nitrogens is 3. The van der Waals surface area contributed by atoms with E-state index in [4.69, 9.17) is 10.5 Å². The second kappa shape index (κ2) is 9.54. The van der Waals surface area contributed by atoms with Gasteiger partial charge in [0.05, 0.1) is 17.9 Å². The van der Waals surface area contributed by atoms with Crippen LogP contribution >= 0.6 is 11.8 Å². The summed E-state index contributed by atoms with van der Waals surface area (Å²) in [7, 11) is 0. The topological polar surface area (TPSA) is 79.5 Å². The number of hydrogen-bond donors (Lipinski definition) is 0. The lowest BCUT2D eigenvalue weighted by atomic mass is 10.1. The van der Waals surface area contributed by atoms with Crippen molar-refractivity contribution in [3.8, 4) is 0 Å². The highest BCUT2D eigenvalue weighted by Gasteiger charge is 2.21. The van der Waals surface area contributed by atoms with Crippen molar-refractivity contribution in [3.05, 3.63) is 81.9 Å². The van der Waals surface area contributed by atoms with E-state index in [0.717, 1.165) is 28.3 Å². The molecule has 0 aliphatic carbocycles. The van der Waals surface area contributed by atoms with Gasteiger partial charge in [-0.15, -0.1) is 0 Å². The molecule has 0 aliphatic heterocycles. The first-order valence-electron chi connectivity index (χ1n) is 9.12. The second-order valence-electron chi connectivity index (χ2n) is 6.69.